The van der Waals surface area contributed by atoms with Crippen LogP contribution in [-0.4, -0.2) is 47.0 Å². The van der Waals surface area contributed by atoms with Crippen LogP contribution in [0.1, 0.15) is 19.4 Å². The average Bonchev–Trinajstić information content (AvgIpc) is 2.76. The Morgan fingerprint density at radius 3 is 2.41 bits per heavy atom. The zero-order valence-electron chi connectivity index (χ0n) is 17.7. The second-order valence-electron chi connectivity index (χ2n) is 7.36. The second-order valence-corrected chi connectivity index (χ2v) is 7.36. The molecule has 29 heavy (non-hydrogen) atoms. The van der Waals surface area contributed by atoms with Crippen LogP contribution in [0, 0.1) is 0 Å². The molecule has 3 rings (SSSR count). The van der Waals surface area contributed by atoms with Gasteiger partial charge in [-0.2, -0.15) is 0 Å². The lowest BCUT2D eigenvalue weighted by Crippen LogP contribution is -2.40. The standard InChI is InChI=1S/C22H29N3O4/c1-22(2,15-6-8-18-20(12-15)29-11-10-28-18)14-24-21(23-3)25-16-7-9-17(26-4)19(13-16)27-5/h6-9,12-13H,10-11,14H2,1-5H3,(H2,23,24,25). The van der Waals surface area contributed by atoms with Crippen molar-refractivity contribution in [2.24, 2.45) is 4.99 Å². The van der Waals surface area contributed by atoms with E-state index in [1.807, 2.05) is 24.3 Å². The van der Waals surface area contributed by atoms with Gasteiger partial charge in [-0.3, -0.25) is 4.99 Å². The molecule has 0 bridgehead atoms. The predicted molar refractivity (Wildman–Crippen MR) is 115 cm³/mol. The molecule has 7 nitrogen and oxygen atoms in total. The van der Waals surface area contributed by atoms with Gasteiger partial charge >= 0.3 is 0 Å². The number of nitrogens with zero attached hydrogens (tertiary/aromatic N) is 1. The number of methoxy groups -OCH3 is 2. The first-order valence-electron chi connectivity index (χ1n) is 9.56. The number of fused-ring (bicyclic) bond motifs is 1. The third-order valence-corrected chi connectivity index (χ3v) is 4.89. The topological polar surface area (TPSA) is 73.3 Å². The van der Waals surface area contributed by atoms with Crippen LogP contribution in [0.4, 0.5) is 5.69 Å². The quantitative estimate of drug-likeness (QED) is 0.573. The van der Waals surface area contributed by atoms with E-state index >= 15 is 0 Å². The minimum absolute atomic E-state index is 0.148. The molecule has 1 heterocycles. The molecule has 2 N–H and O–H groups in total. The summed E-state index contributed by atoms with van der Waals surface area (Å²) in [5, 5.41) is 6.68. The summed E-state index contributed by atoms with van der Waals surface area (Å²) in [6, 6.07) is 11.8. The minimum Gasteiger partial charge on any atom is -0.493 e. The molecule has 0 atom stereocenters. The van der Waals surface area contributed by atoms with Crippen molar-refractivity contribution < 1.29 is 18.9 Å². The van der Waals surface area contributed by atoms with Gasteiger partial charge < -0.3 is 29.6 Å². The first-order valence-corrected chi connectivity index (χ1v) is 9.56. The average molecular weight is 399 g/mol. The van der Waals surface area contributed by atoms with E-state index in [-0.39, 0.29) is 5.41 Å². The van der Waals surface area contributed by atoms with Gasteiger partial charge in [-0.25, -0.2) is 0 Å². The van der Waals surface area contributed by atoms with Gasteiger partial charge in [0.2, 0.25) is 0 Å². The molecule has 2 aromatic rings. The Labute approximate surface area is 172 Å². The van der Waals surface area contributed by atoms with Crippen molar-refractivity contribution in [3.8, 4) is 23.0 Å². The van der Waals surface area contributed by atoms with E-state index in [0.29, 0.717) is 37.2 Å². The van der Waals surface area contributed by atoms with E-state index in [1.54, 1.807) is 21.3 Å². The maximum absolute atomic E-state index is 5.72. The third-order valence-electron chi connectivity index (χ3n) is 4.89. The molecule has 0 unspecified atom stereocenters. The molecule has 0 saturated heterocycles. The number of nitrogens with one attached hydrogen (secondary N) is 2. The highest BCUT2D eigenvalue weighted by atomic mass is 16.6. The lowest BCUT2D eigenvalue weighted by molar-refractivity contribution is 0.171. The van der Waals surface area contributed by atoms with Crippen LogP contribution in [0.25, 0.3) is 0 Å². The van der Waals surface area contributed by atoms with E-state index in [2.05, 4.69) is 41.6 Å². The van der Waals surface area contributed by atoms with Crippen LogP contribution >= 0.6 is 0 Å². The van der Waals surface area contributed by atoms with Crippen LogP contribution in [0.3, 0.4) is 0 Å². The Bertz CT molecular complexity index is 880. The lowest BCUT2D eigenvalue weighted by Gasteiger charge is -2.28. The van der Waals surface area contributed by atoms with Gasteiger partial charge in [0.1, 0.15) is 13.2 Å². The van der Waals surface area contributed by atoms with Crippen LogP contribution < -0.4 is 29.6 Å². The number of hydrogen-bond donors (Lipinski definition) is 2. The SMILES string of the molecule is CN=C(NCC(C)(C)c1ccc2c(c1)OCCO2)Nc1ccc(OC)c(OC)c1. The molecular formula is C22H29N3O4. The summed E-state index contributed by atoms with van der Waals surface area (Å²) < 4.78 is 22.0. The molecule has 156 valence electrons. The Balaban J connectivity index is 1.67. The highest BCUT2D eigenvalue weighted by Gasteiger charge is 2.24. The van der Waals surface area contributed by atoms with E-state index in [9.17, 15) is 0 Å². The zero-order valence-corrected chi connectivity index (χ0v) is 17.7. The smallest absolute Gasteiger partial charge is 0.195 e. The number of benzene rings is 2. The number of hydrogen-bond acceptors (Lipinski definition) is 5. The largest absolute Gasteiger partial charge is 0.493 e. The Hall–Kier alpha value is -3.09. The van der Waals surface area contributed by atoms with Crippen molar-refractivity contribution in [2.75, 3.05) is 46.3 Å². The molecule has 0 saturated carbocycles. The Kier molecular flexibility index (Phi) is 6.36. The van der Waals surface area contributed by atoms with E-state index in [0.717, 1.165) is 22.7 Å². The lowest BCUT2D eigenvalue weighted by atomic mass is 9.84. The number of guanidine groups is 1. The van der Waals surface area contributed by atoms with E-state index in [4.69, 9.17) is 18.9 Å². The van der Waals surface area contributed by atoms with Gasteiger partial charge in [-0.15, -0.1) is 0 Å². The van der Waals surface area contributed by atoms with Crippen LogP contribution in [0.15, 0.2) is 41.4 Å². The van der Waals surface area contributed by atoms with Crippen LogP contribution in [0.5, 0.6) is 23.0 Å². The summed E-state index contributed by atoms with van der Waals surface area (Å²) in [5.41, 5.74) is 1.87. The molecule has 0 fully saturated rings. The molecule has 0 spiro atoms. The number of ether oxygens (including phenoxy) is 4. The van der Waals surface area contributed by atoms with Crippen molar-refractivity contribution in [2.45, 2.75) is 19.3 Å². The van der Waals surface area contributed by atoms with Gasteiger partial charge in [0.15, 0.2) is 29.0 Å². The number of aliphatic imine (C=N–C) groups is 1. The number of rotatable bonds is 6. The monoisotopic (exact) mass is 399 g/mol. The summed E-state index contributed by atoms with van der Waals surface area (Å²) in [7, 11) is 4.98. The molecule has 7 heteroatoms. The molecule has 0 radical (unpaired) electrons. The van der Waals surface area contributed by atoms with Gasteiger partial charge in [-0.05, 0) is 29.8 Å². The third kappa shape index (κ3) is 4.85. The molecule has 2 aromatic carbocycles. The fourth-order valence-electron chi connectivity index (χ4n) is 3.10. The van der Waals surface area contributed by atoms with Gasteiger partial charge in [0, 0.05) is 30.8 Å². The fourth-order valence-corrected chi connectivity index (χ4v) is 3.10. The van der Waals surface area contributed by atoms with Crippen molar-refractivity contribution in [1.82, 2.24) is 5.32 Å². The summed E-state index contributed by atoms with van der Waals surface area (Å²) in [4.78, 5) is 4.33. The molecule has 1 aliphatic rings. The minimum atomic E-state index is -0.148. The Morgan fingerprint density at radius 1 is 1.00 bits per heavy atom. The maximum atomic E-state index is 5.72. The first-order chi connectivity index (χ1) is 14.0. The maximum Gasteiger partial charge on any atom is 0.195 e. The molecule has 0 amide bonds. The van der Waals surface area contributed by atoms with Crippen LogP contribution in [-0.2, 0) is 5.41 Å². The zero-order chi connectivity index (χ0) is 20.9. The van der Waals surface area contributed by atoms with Crippen molar-refractivity contribution >= 4 is 11.6 Å². The Morgan fingerprint density at radius 2 is 1.72 bits per heavy atom. The van der Waals surface area contributed by atoms with Gasteiger partial charge in [0.05, 0.1) is 14.2 Å². The van der Waals surface area contributed by atoms with Crippen LogP contribution in [0.2, 0.25) is 0 Å². The number of anilines is 1. The summed E-state index contributed by atoms with van der Waals surface area (Å²) >= 11 is 0. The molecule has 0 aliphatic carbocycles. The second kappa shape index (κ2) is 8.94. The summed E-state index contributed by atoms with van der Waals surface area (Å²) in [6.07, 6.45) is 0. The van der Waals surface area contributed by atoms with Crippen molar-refractivity contribution in [1.29, 1.82) is 0 Å². The molecular weight excluding hydrogens is 370 g/mol. The van der Waals surface area contributed by atoms with Crippen molar-refractivity contribution in [3.63, 3.8) is 0 Å². The molecule has 1 aliphatic heterocycles. The normalized spacial score (nSPS) is 13.6. The predicted octanol–water partition coefficient (Wildman–Crippen LogP) is 3.44. The summed E-state index contributed by atoms with van der Waals surface area (Å²) in [6.45, 7) is 6.20. The van der Waals surface area contributed by atoms with Gasteiger partial charge in [0.25, 0.3) is 0 Å². The highest BCUT2D eigenvalue weighted by molar-refractivity contribution is 5.93. The fraction of sp³-hybridized carbons (Fsp3) is 0.409. The van der Waals surface area contributed by atoms with Crippen molar-refractivity contribution in [3.05, 3.63) is 42.0 Å². The van der Waals surface area contributed by atoms with E-state index < -0.39 is 0 Å². The van der Waals surface area contributed by atoms with Gasteiger partial charge in [-0.1, -0.05) is 19.9 Å². The molecule has 0 aromatic heterocycles. The summed E-state index contributed by atoms with van der Waals surface area (Å²) in [5.74, 6) is 3.61. The highest BCUT2D eigenvalue weighted by Crippen LogP contribution is 2.35. The first kappa shape index (κ1) is 20.6. The van der Waals surface area contributed by atoms with E-state index in [1.165, 1.54) is 0 Å².